The minimum absolute atomic E-state index is 0.0779. The highest BCUT2D eigenvalue weighted by atomic mass is 16.6. The van der Waals surface area contributed by atoms with E-state index in [2.05, 4.69) is 6.07 Å². The Morgan fingerprint density at radius 2 is 1.90 bits per heavy atom. The maximum absolute atomic E-state index is 13.1. The number of ether oxygens (including phenoxy) is 1. The lowest BCUT2D eigenvalue weighted by molar-refractivity contribution is -0.384. The van der Waals surface area contributed by atoms with Gasteiger partial charge >= 0.3 is 0 Å². The standard InChI is InChI=1S/C23H20N4O4/c1-31-15-11-9-14(10-12-15)21-16(13-24)23(25)26(19-7-4-8-20(28)22(19)21)17-5-2-3-6-18(17)27(29)30/h2-3,5-6,9-12,21H,4,7-8,25H2,1H3. The van der Waals surface area contributed by atoms with Crippen molar-refractivity contribution in [1.29, 1.82) is 5.26 Å². The summed E-state index contributed by atoms with van der Waals surface area (Å²) in [5.41, 5.74) is 8.58. The largest absolute Gasteiger partial charge is 0.497 e. The van der Waals surface area contributed by atoms with Gasteiger partial charge in [0.05, 0.1) is 29.6 Å². The summed E-state index contributed by atoms with van der Waals surface area (Å²) in [5, 5.41) is 21.7. The first-order chi connectivity index (χ1) is 15.0. The number of Topliss-reactive ketones (excluding diaryl/α,β-unsaturated/α-hetero) is 1. The molecule has 0 amide bonds. The van der Waals surface area contributed by atoms with Crippen molar-refractivity contribution in [3.63, 3.8) is 0 Å². The second-order valence-corrected chi connectivity index (χ2v) is 7.34. The number of para-hydroxylation sites is 2. The van der Waals surface area contributed by atoms with Crippen LogP contribution in [0, 0.1) is 21.4 Å². The van der Waals surface area contributed by atoms with Crippen LogP contribution in [0.1, 0.15) is 30.7 Å². The number of hydrogen-bond donors (Lipinski definition) is 1. The number of ketones is 1. The summed E-state index contributed by atoms with van der Waals surface area (Å²) >= 11 is 0. The Morgan fingerprint density at radius 1 is 1.19 bits per heavy atom. The maximum atomic E-state index is 13.1. The molecule has 2 aromatic rings. The maximum Gasteiger partial charge on any atom is 0.293 e. The molecular formula is C23H20N4O4. The van der Waals surface area contributed by atoms with Gasteiger partial charge in [-0.25, -0.2) is 0 Å². The number of nitro benzene ring substituents is 1. The van der Waals surface area contributed by atoms with Crippen LogP contribution in [0.15, 0.2) is 71.2 Å². The van der Waals surface area contributed by atoms with Gasteiger partial charge in [-0.3, -0.25) is 19.8 Å². The first kappa shape index (κ1) is 20.2. The highest BCUT2D eigenvalue weighted by Crippen LogP contribution is 2.47. The Kier molecular flexibility index (Phi) is 5.17. The lowest BCUT2D eigenvalue weighted by Gasteiger charge is -2.39. The molecule has 1 heterocycles. The van der Waals surface area contributed by atoms with E-state index >= 15 is 0 Å². The lowest BCUT2D eigenvalue weighted by Crippen LogP contribution is -2.39. The smallest absolute Gasteiger partial charge is 0.293 e. The number of anilines is 1. The fourth-order valence-electron chi connectivity index (χ4n) is 4.30. The Morgan fingerprint density at radius 3 is 2.55 bits per heavy atom. The third kappa shape index (κ3) is 3.30. The van der Waals surface area contributed by atoms with Gasteiger partial charge in [0.2, 0.25) is 0 Å². The van der Waals surface area contributed by atoms with Crippen molar-refractivity contribution in [2.24, 2.45) is 5.73 Å². The molecule has 2 aromatic carbocycles. The van der Waals surface area contributed by atoms with E-state index in [1.165, 1.54) is 11.0 Å². The molecule has 8 heteroatoms. The van der Waals surface area contributed by atoms with Crippen LogP contribution < -0.4 is 15.4 Å². The number of benzene rings is 2. The Labute approximate surface area is 179 Å². The second kappa shape index (κ2) is 7.95. The Hall–Kier alpha value is -4.12. The summed E-state index contributed by atoms with van der Waals surface area (Å²) in [6, 6.07) is 15.5. The summed E-state index contributed by atoms with van der Waals surface area (Å²) in [5.74, 6) is 0.0513. The molecule has 1 aliphatic carbocycles. The minimum atomic E-state index is -0.627. The number of nitrogens with two attached hydrogens (primary N) is 1. The zero-order chi connectivity index (χ0) is 22.1. The van der Waals surface area contributed by atoms with Crippen LogP contribution in [0.25, 0.3) is 0 Å². The van der Waals surface area contributed by atoms with Crippen LogP contribution in [0.3, 0.4) is 0 Å². The fourth-order valence-corrected chi connectivity index (χ4v) is 4.30. The molecule has 0 fully saturated rings. The summed E-state index contributed by atoms with van der Waals surface area (Å²) in [7, 11) is 1.56. The number of carbonyl (C=O) groups excluding carboxylic acids is 1. The van der Waals surface area contributed by atoms with Crippen molar-refractivity contribution in [2.45, 2.75) is 25.2 Å². The van der Waals surface area contributed by atoms with Gasteiger partial charge in [0.1, 0.15) is 17.3 Å². The number of methoxy groups -OCH3 is 1. The van der Waals surface area contributed by atoms with Gasteiger partial charge in [-0.2, -0.15) is 5.26 Å². The Bertz CT molecular complexity index is 1170. The van der Waals surface area contributed by atoms with Gasteiger partial charge in [-0.05, 0) is 36.6 Å². The van der Waals surface area contributed by atoms with Crippen molar-refractivity contribution in [3.05, 3.63) is 86.9 Å². The second-order valence-electron chi connectivity index (χ2n) is 7.34. The number of nitriles is 1. The zero-order valence-electron chi connectivity index (χ0n) is 16.9. The topological polar surface area (TPSA) is 122 Å². The molecule has 0 spiro atoms. The summed E-state index contributed by atoms with van der Waals surface area (Å²) in [4.78, 5) is 25.8. The van der Waals surface area contributed by atoms with E-state index in [9.17, 15) is 20.2 Å². The van der Waals surface area contributed by atoms with Crippen molar-refractivity contribution in [1.82, 2.24) is 0 Å². The molecule has 1 unspecified atom stereocenters. The third-order valence-electron chi connectivity index (χ3n) is 5.68. The molecule has 2 N–H and O–H groups in total. The normalized spacial score (nSPS) is 18.5. The summed E-state index contributed by atoms with van der Waals surface area (Å²) in [6.07, 6.45) is 1.49. The number of allylic oxidation sites excluding steroid dienone is 3. The van der Waals surface area contributed by atoms with Crippen LogP contribution in [-0.4, -0.2) is 17.8 Å². The van der Waals surface area contributed by atoms with Gasteiger partial charge in [-0.15, -0.1) is 0 Å². The first-order valence-electron chi connectivity index (χ1n) is 9.81. The quantitative estimate of drug-likeness (QED) is 0.592. The van der Waals surface area contributed by atoms with Crippen LogP contribution in [0.4, 0.5) is 11.4 Å². The predicted octanol–water partition coefficient (Wildman–Crippen LogP) is 3.91. The number of nitrogens with zero attached hydrogens (tertiary/aromatic N) is 3. The van der Waals surface area contributed by atoms with E-state index in [-0.39, 0.29) is 28.6 Å². The first-order valence-corrected chi connectivity index (χ1v) is 9.81. The van der Waals surface area contributed by atoms with E-state index in [4.69, 9.17) is 10.5 Å². The van der Waals surface area contributed by atoms with Crippen LogP contribution in [0.5, 0.6) is 5.75 Å². The van der Waals surface area contributed by atoms with E-state index in [0.29, 0.717) is 36.3 Å². The Balaban J connectivity index is 1.97. The number of carbonyl (C=O) groups is 1. The molecule has 0 aromatic heterocycles. The molecule has 0 bridgehead atoms. The zero-order valence-corrected chi connectivity index (χ0v) is 16.9. The van der Waals surface area contributed by atoms with Gasteiger partial charge in [0.25, 0.3) is 5.69 Å². The fraction of sp³-hybridized carbons (Fsp3) is 0.217. The summed E-state index contributed by atoms with van der Waals surface area (Å²) < 4.78 is 5.22. The molecule has 1 atom stereocenters. The number of hydrogen-bond acceptors (Lipinski definition) is 7. The van der Waals surface area contributed by atoms with Crippen LogP contribution >= 0.6 is 0 Å². The average molecular weight is 416 g/mol. The highest BCUT2D eigenvalue weighted by molar-refractivity contribution is 6.01. The number of nitro groups is 1. The van der Waals surface area contributed by atoms with Crippen LogP contribution in [0.2, 0.25) is 0 Å². The SMILES string of the molecule is COc1ccc(C2C(C#N)=C(N)N(c3ccccc3[N+](=O)[O-])C3=C2C(=O)CCC3)cc1. The van der Waals surface area contributed by atoms with E-state index in [1.807, 2.05) is 0 Å². The van der Waals surface area contributed by atoms with E-state index in [0.717, 1.165) is 5.56 Å². The van der Waals surface area contributed by atoms with Crippen molar-refractivity contribution in [3.8, 4) is 11.8 Å². The molecule has 0 radical (unpaired) electrons. The van der Waals surface area contributed by atoms with Gasteiger partial charge in [0, 0.05) is 23.8 Å². The van der Waals surface area contributed by atoms with Crippen molar-refractivity contribution in [2.75, 3.05) is 12.0 Å². The molecule has 31 heavy (non-hydrogen) atoms. The van der Waals surface area contributed by atoms with E-state index < -0.39 is 10.8 Å². The van der Waals surface area contributed by atoms with Gasteiger partial charge < -0.3 is 10.5 Å². The molecule has 4 rings (SSSR count). The molecule has 8 nitrogen and oxygen atoms in total. The van der Waals surface area contributed by atoms with Gasteiger partial charge in [0.15, 0.2) is 5.78 Å². The summed E-state index contributed by atoms with van der Waals surface area (Å²) in [6.45, 7) is 0. The van der Waals surface area contributed by atoms with Crippen LogP contribution in [-0.2, 0) is 4.79 Å². The number of rotatable bonds is 4. The lowest BCUT2D eigenvalue weighted by atomic mass is 9.75. The average Bonchev–Trinajstić information content (AvgIpc) is 2.78. The third-order valence-corrected chi connectivity index (χ3v) is 5.68. The minimum Gasteiger partial charge on any atom is -0.497 e. The molecule has 1 aliphatic heterocycles. The molecule has 156 valence electrons. The molecule has 2 aliphatic rings. The van der Waals surface area contributed by atoms with Crippen molar-refractivity contribution < 1.29 is 14.5 Å². The highest BCUT2D eigenvalue weighted by Gasteiger charge is 2.41. The molecular weight excluding hydrogens is 396 g/mol. The van der Waals surface area contributed by atoms with Crippen molar-refractivity contribution >= 4 is 17.2 Å². The molecule has 0 saturated heterocycles. The predicted molar refractivity (Wildman–Crippen MR) is 114 cm³/mol. The molecule has 0 saturated carbocycles. The van der Waals surface area contributed by atoms with E-state index in [1.54, 1.807) is 49.6 Å². The van der Waals surface area contributed by atoms with Gasteiger partial charge in [-0.1, -0.05) is 24.3 Å². The monoisotopic (exact) mass is 416 g/mol.